The standard InChI is InChI=1S/C32H22S4/c1-19-11-13-25(33-19)27-15-17-29(35-27)31-21-7-3-5-9-23(21)32(24-10-6-4-8-22(24)31)30-18-16-28(36-30)26-14-12-20(2)34-26/h3-18H,1-2H3. The third-order valence-electron chi connectivity index (χ3n) is 6.60. The number of hydrogen-bond acceptors (Lipinski definition) is 4. The van der Waals surface area contributed by atoms with Crippen LogP contribution in [-0.4, -0.2) is 0 Å². The van der Waals surface area contributed by atoms with Crippen LogP contribution in [-0.2, 0) is 0 Å². The molecule has 0 amide bonds. The minimum atomic E-state index is 1.32. The molecule has 0 N–H and O–H groups in total. The fourth-order valence-electron chi connectivity index (χ4n) is 5.00. The summed E-state index contributed by atoms with van der Waals surface area (Å²) in [6.45, 7) is 4.36. The number of aryl methyl sites for hydroxylation is 2. The lowest BCUT2D eigenvalue weighted by atomic mass is 9.90. The second kappa shape index (κ2) is 8.82. The minimum absolute atomic E-state index is 1.32. The number of rotatable bonds is 4. The number of benzene rings is 3. The zero-order chi connectivity index (χ0) is 24.2. The van der Waals surface area contributed by atoms with Gasteiger partial charge in [0.2, 0.25) is 0 Å². The van der Waals surface area contributed by atoms with Crippen molar-refractivity contribution in [2.24, 2.45) is 0 Å². The summed E-state index contributed by atoms with van der Waals surface area (Å²) in [5.74, 6) is 0. The molecule has 0 saturated carbocycles. The lowest BCUT2D eigenvalue weighted by Gasteiger charge is -2.15. The maximum Gasteiger partial charge on any atom is 0.0449 e. The van der Waals surface area contributed by atoms with Crippen LogP contribution in [0.15, 0.2) is 97.1 Å². The summed E-state index contributed by atoms with van der Waals surface area (Å²) < 4.78 is 0. The topological polar surface area (TPSA) is 0 Å². The fraction of sp³-hybridized carbons (Fsp3) is 0.0625. The summed E-state index contributed by atoms with van der Waals surface area (Å²) in [5.41, 5.74) is 2.69. The van der Waals surface area contributed by atoms with E-state index in [1.165, 1.54) is 71.7 Å². The molecule has 174 valence electrons. The Bertz CT molecular complexity index is 1680. The molecular formula is C32H22S4. The van der Waals surface area contributed by atoms with Gasteiger partial charge in [-0.25, -0.2) is 0 Å². The van der Waals surface area contributed by atoms with E-state index in [1.807, 2.05) is 45.3 Å². The van der Waals surface area contributed by atoms with Crippen molar-refractivity contribution in [2.75, 3.05) is 0 Å². The summed E-state index contributed by atoms with van der Waals surface area (Å²) in [7, 11) is 0. The Kier molecular flexibility index (Phi) is 5.44. The van der Waals surface area contributed by atoms with E-state index in [-0.39, 0.29) is 0 Å². The van der Waals surface area contributed by atoms with E-state index in [0.717, 1.165) is 0 Å². The van der Waals surface area contributed by atoms with E-state index in [9.17, 15) is 0 Å². The van der Waals surface area contributed by atoms with Gasteiger partial charge in [-0.3, -0.25) is 0 Å². The van der Waals surface area contributed by atoms with Gasteiger partial charge in [-0.15, -0.1) is 45.3 Å². The fourth-order valence-corrected chi connectivity index (χ4v) is 9.08. The van der Waals surface area contributed by atoms with E-state index in [2.05, 4.69) is 111 Å². The van der Waals surface area contributed by atoms with Crippen LogP contribution in [0.3, 0.4) is 0 Å². The van der Waals surface area contributed by atoms with Crippen LogP contribution in [0.2, 0.25) is 0 Å². The maximum absolute atomic E-state index is 2.31. The maximum atomic E-state index is 2.31. The Labute approximate surface area is 226 Å². The molecule has 7 aromatic rings. The van der Waals surface area contributed by atoms with Crippen molar-refractivity contribution in [1.82, 2.24) is 0 Å². The number of hydrogen-bond donors (Lipinski definition) is 0. The Hall–Kier alpha value is -3.02. The van der Waals surface area contributed by atoms with E-state index in [4.69, 9.17) is 0 Å². The first-order chi connectivity index (χ1) is 17.7. The lowest BCUT2D eigenvalue weighted by molar-refractivity contribution is 1.64. The molecule has 4 heterocycles. The summed E-state index contributed by atoms with van der Waals surface area (Å²) >= 11 is 7.55. The van der Waals surface area contributed by atoms with E-state index < -0.39 is 0 Å². The number of thiophene rings is 4. The molecule has 4 aromatic heterocycles. The lowest BCUT2D eigenvalue weighted by Crippen LogP contribution is -1.87. The van der Waals surface area contributed by atoms with Gasteiger partial charge < -0.3 is 0 Å². The molecule has 0 spiro atoms. The van der Waals surface area contributed by atoms with Gasteiger partial charge >= 0.3 is 0 Å². The molecule has 36 heavy (non-hydrogen) atoms. The summed E-state index contributed by atoms with van der Waals surface area (Å²) in [5, 5.41) is 5.29. The van der Waals surface area contributed by atoms with Crippen LogP contribution in [0.25, 0.3) is 61.9 Å². The van der Waals surface area contributed by atoms with Crippen LogP contribution in [0, 0.1) is 13.8 Å². The van der Waals surface area contributed by atoms with E-state index >= 15 is 0 Å². The van der Waals surface area contributed by atoms with Gasteiger partial charge in [0.1, 0.15) is 0 Å². The molecule has 0 aliphatic heterocycles. The highest BCUT2D eigenvalue weighted by atomic mass is 32.1. The largest absolute Gasteiger partial charge is 0.140 e. The molecule has 0 nitrogen and oxygen atoms in total. The van der Waals surface area contributed by atoms with E-state index in [0.29, 0.717) is 0 Å². The van der Waals surface area contributed by atoms with Crippen molar-refractivity contribution in [1.29, 1.82) is 0 Å². The molecule has 4 heteroatoms. The molecule has 0 atom stereocenters. The van der Waals surface area contributed by atoms with Gasteiger partial charge in [0.15, 0.2) is 0 Å². The molecule has 0 fully saturated rings. The normalized spacial score (nSPS) is 11.6. The monoisotopic (exact) mass is 534 g/mol. The second-order valence-electron chi connectivity index (χ2n) is 8.99. The highest BCUT2D eigenvalue weighted by molar-refractivity contribution is 7.24. The van der Waals surface area contributed by atoms with E-state index in [1.54, 1.807) is 0 Å². The first-order valence-corrected chi connectivity index (χ1v) is 15.2. The Balaban J connectivity index is 1.48. The molecule has 0 radical (unpaired) electrons. The van der Waals surface area contributed by atoms with Crippen molar-refractivity contribution >= 4 is 66.9 Å². The summed E-state index contributed by atoms with van der Waals surface area (Å²) in [4.78, 5) is 10.8. The van der Waals surface area contributed by atoms with Gasteiger partial charge in [-0.1, -0.05) is 48.5 Å². The third-order valence-corrected chi connectivity index (χ3v) is 11.2. The number of fused-ring (bicyclic) bond motifs is 2. The predicted octanol–water partition coefficient (Wildman–Crippen LogP) is 11.5. The van der Waals surface area contributed by atoms with Gasteiger partial charge in [0.25, 0.3) is 0 Å². The van der Waals surface area contributed by atoms with Crippen molar-refractivity contribution in [3.05, 3.63) is 107 Å². The highest BCUT2D eigenvalue weighted by Crippen LogP contribution is 2.48. The van der Waals surface area contributed by atoms with Crippen molar-refractivity contribution in [3.63, 3.8) is 0 Å². The minimum Gasteiger partial charge on any atom is -0.140 e. The van der Waals surface area contributed by atoms with Crippen LogP contribution in [0.1, 0.15) is 9.75 Å². The summed E-state index contributed by atoms with van der Waals surface area (Å²) in [6, 6.07) is 36.0. The average Bonchev–Trinajstić information content (AvgIpc) is 3.70. The van der Waals surface area contributed by atoms with Crippen molar-refractivity contribution in [3.8, 4) is 40.4 Å². The first kappa shape index (κ1) is 22.2. The van der Waals surface area contributed by atoms with Crippen LogP contribution in [0.5, 0.6) is 0 Å². The van der Waals surface area contributed by atoms with Gasteiger partial charge in [-0.2, -0.15) is 0 Å². The molecule has 0 bridgehead atoms. The Morgan fingerprint density at radius 1 is 0.333 bits per heavy atom. The zero-order valence-corrected chi connectivity index (χ0v) is 23.1. The second-order valence-corrected chi connectivity index (χ2v) is 13.7. The predicted molar refractivity (Wildman–Crippen MR) is 164 cm³/mol. The SMILES string of the molecule is Cc1ccc(-c2ccc(-c3c4ccccc4c(-c4ccc(-c5ccc(C)s5)s4)c4ccccc34)s2)s1. The molecule has 0 unspecified atom stereocenters. The highest BCUT2D eigenvalue weighted by Gasteiger charge is 2.19. The van der Waals surface area contributed by atoms with Crippen LogP contribution in [0.4, 0.5) is 0 Å². The Morgan fingerprint density at radius 3 is 0.972 bits per heavy atom. The van der Waals surface area contributed by atoms with Gasteiger partial charge in [0, 0.05) is 50.1 Å². The molecule has 3 aromatic carbocycles. The van der Waals surface area contributed by atoms with Crippen LogP contribution < -0.4 is 0 Å². The molecule has 0 saturated heterocycles. The molecule has 0 aliphatic rings. The first-order valence-electron chi connectivity index (χ1n) is 11.9. The van der Waals surface area contributed by atoms with Crippen molar-refractivity contribution < 1.29 is 0 Å². The zero-order valence-electron chi connectivity index (χ0n) is 19.9. The van der Waals surface area contributed by atoms with Crippen molar-refractivity contribution in [2.45, 2.75) is 13.8 Å². The van der Waals surface area contributed by atoms with Gasteiger partial charge in [-0.05, 0) is 83.9 Å². The quantitative estimate of drug-likeness (QED) is 0.197. The average molecular weight is 535 g/mol. The smallest absolute Gasteiger partial charge is 0.0449 e. The van der Waals surface area contributed by atoms with Gasteiger partial charge in [0.05, 0.1) is 0 Å². The summed E-state index contributed by atoms with van der Waals surface area (Å²) in [6.07, 6.45) is 0. The van der Waals surface area contributed by atoms with Crippen LogP contribution >= 0.6 is 45.3 Å². The molecule has 7 rings (SSSR count). The Morgan fingerprint density at radius 2 is 0.639 bits per heavy atom. The third kappa shape index (κ3) is 3.68. The molecular weight excluding hydrogens is 513 g/mol. The molecule has 0 aliphatic carbocycles.